The molecule has 1 aromatic rings. The number of nitrogens with one attached hydrogen (secondary N) is 2. The van der Waals surface area contributed by atoms with Crippen LogP contribution < -0.4 is 10.6 Å². The molecule has 0 atom stereocenters. The van der Waals surface area contributed by atoms with Crippen molar-refractivity contribution in [3.05, 3.63) is 35.4 Å². The second kappa shape index (κ2) is 8.09. The van der Waals surface area contributed by atoms with Gasteiger partial charge in [-0.3, -0.25) is 19.4 Å². The lowest BCUT2D eigenvalue weighted by Crippen LogP contribution is -2.41. The number of hydrogen-bond acceptors (Lipinski definition) is 5. The number of rotatable bonds is 6. The van der Waals surface area contributed by atoms with Crippen molar-refractivity contribution in [1.82, 2.24) is 20.4 Å². The number of hydrogen-bond donors (Lipinski definition) is 2. The highest BCUT2D eigenvalue weighted by Gasteiger charge is 2.29. The summed E-state index contributed by atoms with van der Waals surface area (Å²) in [6, 6.07) is 6.60. The zero-order chi connectivity index (χ0) is 17.6. The number of benzene rings is 1. The van der Waals surface area contributed by atoms with Crippen LogP contribution in [-0.2, 0) is 16.1 Å². The summed E-state index contributed by atoms with van der Waals surface area (Å²) in [5, 5.41) is 5.39. The van der Waals surface area contributed by atoms with Crippen molar-refractivity contribution in [1.29, 1.82) is 0 Å². The first-order valence-electron chi connectivity index (χ1n) is 8.39. The predicted octanol–water partition coefficient (Wildman–Crippen LogP) is -0.200. The van der Waals surface area contributed by atoms with Crippen LogP contribution in [0, 0.1) is 0 Å². The average molecular weight is 346 g/mol. The van der Waals surface area contributed by atoms with Crippen LogP contribution in [-0.4, -0.2) is 73.6 Å². The third kappa shape index (κ3) is 4.34. The molecule has 0 spiro atoms. The van der Waals surface area contributed by atoms with Crippen molar-refractivity contribution < 1.29 is 19.1 Å². The van der Waals surface area contributed by atoms with Crippen molar-refractivity contribution in [2.45, 2.75) is 6.54 Å². The molecule has 0 bridgehead atoms. The van der Waals surface area contributed by atoms with Crippen LogP contribution in [0.1, 0.15) is 15.9 Å². The molecule has 2 aliphatic heterocycles. The fourth-order valence-corrected chi connectivity index (χ4v) is 2.91. The van der Waals surface area contributed by atoms with Crippen molar-refractivity contribution >= 4 is 17.8 Å². The molecule has 25 heavy (non-hydrogen) atoms. The molecule has 2 aliphatic rings. The topological polar surface area (TPSA) is 91.0 Å². The van der Waals surface area contributed by atoms with Crippen molar-refractivity contribution in [2.24, 2.45) is 0 Å². The van der Waals surface area contributed by atoms with Gasteiger partial charge in [-0.15, -0.1) is 0 Å². The Morgan fingerprint density at radius 3 is 2.68 bits per heavy atom. The molecular formula is C17H22N4O4. The number of nitrogens with zero attached hydrogens (tertiary/aromatic N) is 2. The second-order valence-corrected chi connectivity index (χ2v) is 6.01. The Morgan fingerprint density at radius 1 is 1.20 bits per heavy atom. The standard InChI is InChI=1S/C17H22N4O4/c22-15-11-19-17(24)21(15)12-13-3-1-2-4-14(13)16(23)18-5-6-20-7-9-25-10-8-20/h1-4H,5-12H2,(H,18,23)(H,19,24). The first-order chi connectivity index (χ1) is 12.1. The Balaban J connectivity index is 1.58. The molecule has 3 rings (SSSR count). The lowest BCUT2D eigenvalue weighted by molar-refractivity contribution is -0.125. The Bertz CT molecular complexity index is 642. The summed E-state index contributed by atoms with van der Waals surface area (Å²) < 4.78 is 5.30. The zero-order valence-electron chi connectivity index (χ0n) is 14.0. The van der Waals surface area contributed by atoms with Crippen molar-refractivity contribution in [3.8, 4) is 0 Å². The monoisotopic (exact) mass is 346 g/mol. The smallest absolute Gasteiger partial charge is 0.324 e. The zero-order valence-corrected chi connectivity index (χ0v) is 14.0. The Morgan fingerprint density at radius 2 is 1.96 bits per heavy atom. The first-order valence-corrected chi connectivity index (χ1v) is 8.39. The summed E-state index contributed by atoms with van der Waals surface area (Å²) in [4.78, 5) is 39.3. The van der Waals surface area contributed by atoms with Gasteiger partial charge in [0.15, 0.2) is 0 Å². The van der Waals surface area contributed by atoms with Crippen LogP contribution in [0.25, 0.3) is 0 Å². The number of ether oxygens (including phenoxy) is 1. The SMILES string of the molecule is O=C(NCCN1CCOCC1)c1ccccc1CN1C(=O)CNC1=O. The third-order valence-electron chi connectivity index (χ3n) is 4.34. The number of amides is 4. The molecule has 4 amide bonds. The van der Waals surface area contributed by atoms with Gasteiger partial charge in [0.25, 0.3) is 5.91 Å². The van der Waals surface area contributed by atoms with E-state index in [-0.39, 0.29) is 24.9 Å². The average Bonchev–Trinajstić information content (AvgIpc) is 2.95. The van der Waals surface area contributed by atoms with Crippen molar-refractivity contribution in [3.63, 3.8) is 0 Å². The van der Waals surface area contributed by atoms with E-state index in [9.17, 15) is 14.4 Å². The number of morpholine rings is 1. The first kappa shape index (κ1) is 17.4. The largest absolute Gasteiger partial charge is 0.379 e. The van der Waals surface area contributed by atoms with Gasteiger partial charge in [-0.1, -0.05) is 18.2 Å². The summed E-state index contributed by atoms with van der Waals surface area (Å²) in [6.45, 7) is 4.60. The highest BCUT2D eigenvalue weighted by Crippen LogP contribution is 2.14. The Labute approximate surface area is 146 Å². The van der Waals surface area contributed by atoms with E-state index >= 15 is 0 Å². The van der Waals surface area contributed by atoms with Gasteiger partial charge in [0, 0.05) is 31.7 Å². The van der Waals surface area contributed by atoms with E-state index in [1.807, 2.05) is 0 Å². The minimum Gasteiger partial charge on any atom is -0.379 e. The summed E-state index contributed by atoms with van der Waals surface area (Å²) >= 11 is 0. The fourth-order valence-electron chi connectivity index (χ4n) is 2.91. The number of imide groups is 1. The van der Waals surface area contributed by atoms with Gasteiger partial charge in [0.1, 0.15) is 0 Å². The van der Waals surface area contributed by atoms with Crippen LogP contribution in [0.5, 0.6) is 0 Å². The molecule has 0 unspecified atom stereocenters. The fraction of sp³-hybridized carbons (Fsp3) is 0.471. The molecule has 8 nitrogen and oxygen atoms in total. The van der Waals surface area contributed by atoms with Gasteiger partial charge in [0.05, 0.1) is 26.3 Å². The van der Waals surface area contributed by atoms with E-state index in [1.54, 1.807) is 24.3 Å². The maximum absolute atomic E-state index is 12.5. The van der Waals surface area contributed by atoms with Crippen LogP contribution in [0.15, 0.2) is 24.3 Å². The maximum atomic E-state index is 12.5. The van der Waals surface area contributed by atoms with Gasteiger partial charge >= 0.3 is 6.03 Å². The molecule has 2 N–H and O–H groups in total. The van der Waals surface area contributed by atoms with Crippen LogP contribution in [0.2, 0.25) is 0 Å². The van der Waals surface area contributed by atoms with Crippen LogP contribution >= 0.6 is 0 Å². The van der Waals surface area contributed by atoms with Gasteiger partial charge < -0.3 is 15.4 Å². The second-order valence-electron chi connectivity index (χ2n) is 6.01. The number of carbonyl (C=O) groups is 3. The van der Waals surface area contributed by atoms with E-state index in [2.05, 4.69) is 15.5 Å². The number of urea groups is 1. The highest BCUT2D eigenvalue weighted by atomic mass is 16.5. The van der Waals surface area contributed by atoms with E-state index in [1.165, 1.54) is 0 Å². The normalized spacial score (nSPS) is 18.3. The molecule has 8 heteroatoms. The summed E-state index contributed by atoms with van der Waals surface area (Å²) in [5.74, 6) is -0.483. The van der Waals surface area contributed by atoms with E-state index in [0.717, 1.165) is 37.7 Å². The Hall–Kier alpha value is -2.45. The quantitative estimate of drug-likeness (QED) is 0.696. The van der Waals surface area contributed by atoms with E-state index in [4.69, 9.17) is 4.74 Å². The lowest BCUT2D eigenvalue weighted by atomic mass is 10.1. The molecule has 1 aromatic carbocycles. The highest BCUT2D eigenvalue weighted by molar-refractivity contribution is 6.02. The molecule has 2 heterocycles. The minimum absolute atomic E-state index is 0.00669. The van der Waals surface area contributed by atoms with Gasteiger partial charge in [0.2, 0.25) is 5.91 Å². The van der Waals surface area contributed by atoms with Gasteiger partial charge in [-0.05, 0) is 11.6 Å². The predicted molar refractivity (Wildman–Crippen MR) is 90.0 cm³/mol. The molecular weight excluding hydrogens is 324 g/mol. The summed E-state index contributed by atoms with van der Waals surface area (Å²) in [5.41, 5.74) is 1.13. The van der Waals surface area contributed by atoms with Gasteiger partial charge in [-0.2, -0.15) is 0 Å². The lowest BCUT2D eigenvalue weighted by Gasteiger charge is -2.26. The van der Waals surface area contributed by atoms with Crippen LogP contribution in [0.4, 0.5) is 4.79 Å². The molecule has 2 saturated heterocycles. The molecule has 0 saturated carbocycles. The number of carbonyl (C=O) groups excluding carboxylic acids is 3. The van der Waals surface area contributed by atoms with E-state index < -0.39 is 6.03 Å². The molecule has 0 aliphatic carbocycles. The van der Waals surface area contributed by atoms with E-state index in [0.29, 0.717) is 17.7 Å². The third-order valence-corrected chi connectivity index (χ3v) is 4.34. The van der Waals surface area contributed by atoms with Crippen molar-refractivity contribution in [2.75, 3.05) is 45.9 Å². The minimum atomic E-state index is -0.424. The Kier molecular flexibility index (Phi) is 5.62. The van der Waals surface area contributed by atoms with Gasteiger partial charge in [-0.25, -0.2) is 4.79 Å². The summed E-state index contributed by atoms with van der Waals surface area (Å²) in [7, 11) is 0. The summed E-state index contributed by atoms with van der Waals surface area (Å²) in [6.07, 6.45) is 0. The maximum Gasteiger partial charge on any atom is 0.324 e. The molecule has 134 valence electrons. The molecule has 0 radical (unpaired) electrons. The molecule has 2 fully saturated rings. The van der Waals surface area contributed by atoms with Crippen LogP contribution in [0.3, 0.4) is 0 Å². The molecule has 0 aromatic heterocycles.